The number of benzene rings is 3. The number of rotatable bonds is 3. The van der Waals surface area contributed by atoms with E-state index >= 15 is 0 Å². The molecule has 0 aliphatic rings. The average Bonchev–Trinajstić information content (AvgIpc) is 2.72. The Bertz CT molecular complexity index is 1150. The van der Waals surface area contributed by atoms with Gasteiger partial charge in [-0.15, -0.1) is 0 Å². The van der Waals surface area contributed by atoms with Gasteiger partial charge in [-0.05, 0) is 17.7 Å². The summed E-state index contributed by atoms with van der Waals surface area (Å²) in [6.07, 6.45) is -3.32. The summed E-state index contributed by atoms with van der Waals surface area (Å²) in [4.78, 5) is 17.1. The Hall–Kier alpha value is -3.47. The van der Waals surface area contributed by atoms with Gasteiger partial charge in [-0.3, -0.25) is 9.78 Å². The molecular weight excluding hydrogens is 363 g/mol. The van der Waals surface area contributed by atoms with E-state index in [9.17, 15) is 18.0 Å². The van der Waals surface area contributed by atoms with Crippen molar-refractivity contribution in [1.29, 1.82) is 0 Å². The molecule has 1 aromatic heterocycles. The highest BCUT2D eigenvalue weighted by molar-refractivity contribution is 6.16. The fraction of sp³-hybridized carbons (Fsp3) is 0.0435. The second-order valence-electron chi connectivity index (χ2n) is 6.22. The highest BCUT2D eigenvalue weighted by atomic mass is 19.4. The molecule has 1 radical (unpaired) electrons. The van der Waals surface area contributed by atoms with Crippen LogP contribution in [0.5, 0.6) is 0 Å². The minimum Gasteiger partial charge on any atom is -0.289 e. The van der Waals surface area contributed by atoms with Crippen molar-refractivity contribution in [3.8, 4) is 11.1 Å². The number of pyridine rings is 1. The summed E-state index contributed by atoms with van der Waals surface area (Å²) >= 11 is 0. The summed E-state index contributed by atoms with van der Waals surface area (Å²) in [6, 6.07) is 22.4. The van der Waals surface area contributed by atoms with Crippen LogP contribution >= 0.6 is 0 Å². The van der Waals surface area contributed by atoms with Gasteiger partial charge in [0.2, 0.25) is 0 Å². The number of nitrogens with zero attached hydrogens (tertiary/aromatic N) is 1. The standard InChI is InChI=1S/C23H13F3NO/c24-23(25,26)19-13-7-12-17-20(15-8-3-1-4-9-15)18(14-27-21(17)19)22(28)16-10-5-2-6-11-16/h1-8,10-14H. The van der Waals surface area contributed by atoms with E-state index in [1.54, 1.807) is 60.7 Å². The predicted octanol–water partition coefficient (Wildman–Crippen LogP) is 5.95. The number of hydrogen-bond acceptors (Lipinski definition) is 2. The number of para-hydroxylation sites is 1. The normalized spacial score (nSPS) is 11.5. The van der Waals surface area contributed by atoms with Gasteiger partial charge in [0.15, 0.2) is 5.78 Å². The van der Waals surface area contributed by atoms with Crippen molar-refractivity contribution >= 4 is 16.7 Å². The number of aromatic nitrogens is 1. The summed E-state index contributed by atoms with van der Waals surface area (Å²) in [7, 11) is 0. The maximum absolute atomic E-state index is 13.5. The number of hydrogen-bond donors (Lipinski definition) is 0. The molecule has 0 fully saturated rings. The van der Waals surface area contributed by atoms with Crippen LogP contribution in [0, 0.1) is 6.07 Å². The van der Waals surface area contributed by atoms with Crippen LogP contribution < -0.4 is 0 Å². The lowest BCUT2D eigenvalue weighted by Crippen LogP contribution is -2.09. The molecule has 0 unspecified atom stereocenters. The lowest BCUT2D eigenvalue weighted by Gasteiger charge is -2.15. The summed E-state index contributed by atoms with van der Waals surface area (Å²) in [5, 5.41) is 0.263. The van der Waals surface area contributed by atoms with Gasteiger partial charge in [-0.25, -0.2) is 0 Å². The molecule has 5 heteroatoms. The van der Waals surface area contributed by atoms with Crippen LogP contribution in [0.3, 0.4) is 0 Å². The van der Waals surface area contributed by atoms with E-state index in [1.807, 2.05) is 0 Å². The number of carbonyl (C=O) groups is 1. The molecule has 0 bridgehead atoms. The minimum absolute atomic E-state index is 0.188. The summed E-state index contributed by atoms with van der Waals surface area (Å²) < 4.78 is 40.4. The first-order valence-electron chi connectivity index (χ1n) is 8.52. The van der Waals surface area contributed by atoms with Crippen molar-refractivity contribution in [3.63, 3.8) is 0 Å². The van der Waals surface area contributed by atoms with Gasteiger partial charge < -0.3 is 0 Å². The molecule has 4 rings (SSSR count). The van der Waals surface area contributed by atoms with Gasteiger partial charge in [0.05, 0.1) is 11.1 Å². The van der Waals surface area contributed by atoms with E-state index < -0.39 is 11.7 Å². The molecule has 0 aliphatic heterocycles. The van der Waals surface area contributed by atoms with Crippen molar-refractivity contribution in [2.45, 2.75) is 6.18 Å². The minimum atomic E-state index is -4.55. The van der Waals surface area contributed by atoms with E-state index in [0.29, 0.717) is 16.7 Å². The number of ketones is 1. The van der Waals surface area contributed by atoms with Gasteiger partial charge in [0.1, 0.15) is 0 Å². The maximum Gasteiger partial charge on any atom is 0.418 e. The van der Waals surface area contributed by atoms with Gasteiger partial charge in [-0.2, -0.15) is 13.2 Å². The summed E-state index contributed by atoms with van der Waals surface area (Å²) in [5.74, 6) is -0.306. The average molecular weight is 376 g/mol. The molecule has 0 amide bonds. The zero-order chi connectivity index (χ0) is 19.7. The lowest BCUT2D eigenvalue weighted by molar-refractivity contribution is -0.136. The molecule has 2 nitrogen and oxygen atoms in total. The topological polar surface area (TPSA) is 30.0 Å². The summed E-state index contributed by atoms with van der Waals surface area (Å²) in [6.45, 7) is 0. The predicted molar refractivity (Wildman–Crippen MR) is 101 cm³/mol. The smallest absolute Gasteiger partial charge is 0.289 e. The van der Waals surface area contributed by atoms with Gasteiger partial charge in [0, 0.05) is 28.3 Å². The highest BCUT2D eigenvalue weighted by Crippen LogP contribution is 2.38. The molecular formula is C23H13F3NO. The Kier molecular flexibility index (Phi) is 4.43. The van der Waals surface area contributed by atoms with Crippen LogP contribution in [-0.2, 0) is 6.18 Å². The summed E-state index contributed by atoms with van der Waals surface area (Å²) in [5.41, 5.74) is 0.583. The molecule has 4 aromatic rings. The van der Waals surface area contributed by atoms with Crippen LogP contribution in [0.2, 0.25) is 0 Å². The van der Waals surface area contributed by atoms with Crippen LogP contribution in [0.1, 0.15) is 21.5 Å². The molecule has 0 spiro atoms. The number of fused-ring (bicyclic) bond motifs is 1. The van der Waals surface area contributed by atoms with Crippen molar-refractivity contribution in [1.82, 2.24) is 4.98 Å². The maximum atomic E-state index is 13.5. The van der Waals surface area contributed by atoms with Crippen LogP contribution in [0.25, 0.3) is 22.0 Å². The Morgan fingerprint density at radius 2 is 1.64 bits per heavy atom. The third kappa shape index (κ3) is 3.16. The molecule has 0 saturated heterocycles. The molecule has 137 valence electrons. The van der Waals surface area contributed by atoms with E-state index in [1.165, 1.54) is 12.3 Å². The second kappa shape index (κ2) is 6.93. The van der Waals surface area contributed by atoms with E-state index in [-0.39, 0.29) is 22.2 Å². The Labute approximate surface area is 159 Å². The Morgan fingerprint density at radius 3 is 2.32 bits per heavy atom. The second-order valence-corrected chi connectivity index (χ2v) is 6.22. The first kappa shape index (κ1) is 17.9. The van der Waals surface area contributed by atoms with Gasteiger partial charge >= 0.3 is 6.18 Å². The number of carbonyl (C=O) groups excluding carboxylic acids is 1. The van der Waals surface area contributed by atoms with Crippen molar-refractivity contribution in [2.24, 2.45) is 0 Å². The number of alkyl halides is 3. The molecule has 0 N–H and O–H groups in total. The molecule has 3 aromatic carbocycles. The Morgan fingerprint density at radius 1 is 0.893 bits per heavy atom. The third-order valence-electron chi connectivity index (χ3n) is 4.46. The molecule has 0 saturated carbocycles. The first-order valence-corrected chi connectivity index (χ1v) is 8.52. The van der Waals surface area contributed by atoms with Crippen LogP contribution in [0.15, 0.2) is 79.0 Å². The quantitative estimate of drug-likeness (QED) is 0.414. The molecule has 0 aliphatic carbocycles. The zero-order valence-electron chi connectivity index (χ0n) is 14.5. The molecule has 0 atom stereocenters. The highest BCUT2D eigenvalue weighted by Gasteiger charge is 2.34. The Balaban J connectivity index is 2.05. The molecule has 1 heterocycles. The SMILES string of the molecule is O=C(c1ccccc1)c1cnc2c(C(F)(F)F)cccc2c1-c1[c]cccc1. The van der Waals surface area contributed by atoms with Crippen LogP contribution in [0.4, 0.5) is 13.2 Å². The van der Waals surface area contributed by atoms with E-state index in [4.69, 9.17) is 0 Å². The third-order valence-corrected chi connectivity index (χ3v) is 4.46. The zero-order valence-corrected chi connectivity index (χ0v) is 14.5. The van der Waals surface area contributed by atoms with Gasteiger partial charge in [0.25, 0.3) is 0 Å². The van der Waals surface area contributed by atoms with Crippen LogP contribution in [-0.4, -0.2) is 10.8 Å². The van der Waals surface area contributed by atoms with E-state index in [0.717, 1.165) is 6.07 Å². The lowest BCUT2D eigenvalue weighted by atomic mass is 9.91. The first-order chi connectivity index (χ1) is 13.5. The van der Waals surface area contributed by atoms with Crippen molar-refractivity contribution < 1.29 is 18.0 Å². The van der Waals surface area contributed by atoms with E-state index in [2.05, 4.69) is 11.1 Å². The fourth-order valence-electron chi connectivity index (χ4n) is 3.21. The van der Waals surface area contributed by atoms with Crippen molar-refractivity contribution in [2.75, 3.05) is 0 Å². The van der Waals surface area contributed by atoms with Crippen molar-refractivity contribution in [3.05, 3.63) is 102 Å². The molecule has 28 heavy (non-hydrogen) atoms. The monoisotopic (exact) mass is 376 g/mol. The fourth-order valence-corrected chi connectivity index (χ4v) is 3.21. The van der Waals surface area contributed by atoms with Gasteiger partial charge in [-0.1, -0.05) is 66.7 Å². The number of halogens is 3. The largest absolute Gasteiger partial charge is 0.418 e.